The number of halogens is 3. The molecule has 1 unspecified atom stereocenters. The quantitative estimate of drug-likeness (QED) is 0.318. The zero-order chi connectivity index (χ0) is 22.6. The molecular weight excluding hydrogens is 433 g/mol. The Morgan fingerprint density at radius 2 is 1.90 bits per heavy atom. The van der Waals surface area contributed by atoms with Crippen LogP contribution >= 0.6 is 0 Å². The molecule has 4 nitrogen and oxygen atoms in total. The van der Waals surface area contributed by atoms with Crippen molar-refractivity contribution in [2.24, 2.45) is 0 Å². The van der Waals surface area contributed by atoms with Crippen molar-refractivity contribution in [1.82, 2.24) is 0 Å². The van der Waals surface area contributed by atoms with Crippen LogP contribution in [-0.2, 0) is 14.3 Å². The first kappa shape index (κ1) is 23.8. The van der Waals surface area contributed by atoms with Crippen molar-refractivity contribution in [3.05, 3.63) is 58.9 Å². The third kappa shape index (κ3) is 6.53. The van der Waals surface area contributed by atoms with Gasteiger partial charge in [0.05, 0.1) is 0 Å². The summed E-state index contributed by atoms with van der Waals surface area (Å²) in [6.45, 7) is 6.29. The van der Waals surface area contributed by atoms with Crippen LogP contribution in [-0.4, -0.2) is 27.1 Å². The number of alkyl halides is 3. The number of hydrogen-bond acceptors (Lipinski definition) is 4. The number of rotatable bonds is 3. The second-order valence-electron chi connectivity index (χ2n) is 7.54. The van der Waals surface area contributed by atoms with Gasteiger partial charge in [-0.15, -0.1) is 5.54 Å². The molecule has 1 atom stereocenters. The second kappa shape index (κ2) is 9.13. The number of benzene rings is 1. The Balaban J connectivity index is 2.22. The minimum absolute atomic E-state index is 0.217. The van der Waals surface area contributed by atoms with Crippen molar-refractivity contribution in [1.29, 1.82) is 0 Å². The van der Waals surface area contributed by atoms with E-state index < -0.39 is 35.6 Å². The summed E-state index contributed by atoms with van der Waals surface area (Å²) in [6, 6.07) is 7.01. The first-order chi connectivity index (χ1) is 13.8. The molecule has 1 aliphatic rings. The lowest BCUT2D eigenvalue weighted by molar-refractivity contribution is -0.0520. The van der Waals surface area contributed by atoms with E-state index in [0.29, 0.717) is 17.5 Å². The summed E-state index contributed by atoms with van der Waals surface area (Å²) in [4.78, 5) is 0. The summed E-state index contributed by atoms with van der Waals surface area (Å²) in [7, 11) is -7.36. The average Bonchev–Trinajstić information content (AvgIpc) is 3.05. The van der Waals surface area contributed by atoms with Crippen molar-refractivity contribution < 1.29 is 30.9 Å². The van der Waals surface area contributed by atoms with Crippen molar-refractivity contribution in [2.45, 2.75) is 44.1 Å². The molecule has 1 aliphatic carbocycles. The van der Waals surface area contributed by atoms with Gasteiger partial charge < -0.3 is 9.29 Å². The van der Waals surface area contributed by atoms with Crippen LogP contribution in [0.1, 0.15) is 30.1 Å². The molecule has 0 saturated carbocycles. The standard InChI is InChI=1S/C21H21F3O4SSi/c1-30(2,3)15-14-16-8-4-5-11-18(16)19(25)12-6-9-17-10-7-13-20(17)28-29(26,27)21(22,23)24/h4-5,8-9,11,13,19,25H,7,10H2,1-3H3/b17-9-. The molecule has 0 aromatic heterocycles. The fraction of sp³-hybridized carbons (Fsp3) is 0.333. The van der Waals surface area contributed by atoms with Gasteiger partial charge in [0.1, 0.15) is 19.9 Å². The van der Waals surface area contributed by atoms with Crippen LogP contribution < -0.4 is 0 Å². The zero-order valence-electron chi connectivity index (χ0n) is 16.7. The van der Waals surface area contributed by atoms with Gasteiger partial charge in [-0.25, -0.2) is 0 Å². The minimum atomic E-state index is -5.74. The summed E-state index contributed by atoms with van der Waals surface area (Å²) in [5, 5.41) is 10.4. The minimum Gasteiger partial charge on any atom is -0.376 e. The molecule has 0 fully saturated rings. The van der Waals surface area contributed by atoms with Gasteiger partial charge in [0.15, 0.2) is 0 Å². The van der Waals surface area contributed by atoms with Crippen LogP contribution in [0.5, 0.6) is 0 Å². The molecule has 1 N–H and O–H groups in total. The van der Waals surface area contributed by atoms with Crippen molar-refractivity contribution in [2.75, 3.05) is 0 Å². The van der Waals surface area contributed by atoms with E-state index in [-0.39, 0.29) is 12.0 Å². The average molecular weight is 455 g/mol. The van der Waals surface area contributed by atoms with E-state index in [1.807, 2.05) is 0 Å². The van der Waals surface area contributed by atoms with Gasteiger partial charge in [-0.2, -0.15) is 21.6 Å². The Hall–Kier alpha value is -2.46. The number of aliphatic hydroxyl groups excluding tert-OH is 1. The fourth-order valence-corrected chi connectivity index (χ4v) is 3.41. The highest BCUT2D eigenvalue weighted by atomic mass is 32.2. The Bertz CT molecular complexity index is 1090. The molecule has 0 radical (unpaired) electrons. The molecule has 2 rings (SSSR count). The molecule has 0 aliphatic heterocycles. The molecule has 9 heteroatoms. The highest BCUT2D eigenvalue weighted by Crippen LogP contribution is 2.32. The molecule has 0 saturated heterocycles. The van der Waals surface area contributed by atoms with Gasteiger partial charge in [0.25, 0.3) is 0 Å². The van der Waals surface area contributed by atoms with Gasteiger partial charge in [0, 0.05) is 16.7 Å². The number of hydrogen-bond donors (Lipinski definition) is 1. The SMILES string of the molecule is C[Si](C)(C)C#Cc1ccccc1C(O)C#C/C=C1/CCC=C1OS(=O)(=O)C(F)(F)F. The van der Waals surface area contributed by atoms with Gasteiger partial charge in [-0.1, -0.05) is 55.6 Å². The van der Waals surface area contributed by atoms with Gasteiger partial charge in [-0.3, -0.25) is 0 Å². The number of allylic oxidation sites excluding steroid dienone is 3. The summed E-state index contributed by atoms with van der Waals surface area (Å²) in [5.41, 5.74) is -0.905. The molecule has 0 amide bonds. The molecule has 30 heavy (non-hydrogen) atoms. The third-order valence-electron chi connectivity index (χ3n) is 3.84. The lowest BCUT2D eigenvalue weighted by Crippen LogP contribution is -2.25. The van der Waals surface area contributed by atoms with E-state index in [4.69, 9.17) is 0 Å². The first-order valence-electron chi connectivity index (χ1n) is 9.02. The summed E-state index contributed by atoms with van der Waals surface area (Å²) >= 11 is 0. The van der Waals surface area contributed by atoms with Gasteiger partial charge in [0.2, 0.25) is 0 Å². The van der Waals surface area contributed by atoms with Crippen LogP contribution in [0.2, 0.25) is 19.6 Å². The van der Waals surface area contributed by atoms with Gasteiger partial charge >= 0.3 is 15.6 Å². The van der Waals surface area contributed by atoms with Crippen molar-refractivity contribution >= 4 is 18.2 Å². The molecule has 0 spiro atoms. The monoisotopic (exact) mass is 454 g/mol. The highest BCUT2D eigenvalue weighted by Gasteiger charge is 2.49. The van der Waals surface area contributed by atoms with E-state index in [0.717, 1.165) is 0 Å². The van der Waals surface area contributed by atoms with Crippen LogP contribution in [0.15, 0.2) is 47.7 Å². The summed E-state index contributed by atoms with van der Waals surface area (Å²) < 4.78 is 64.1. The lowest BCUT2D eigenvalue weighted by Gasteiger charge is -2.11. The van der Waals surface area contributed by atoms with E-state index >= 15 is 0 Å². The first-order valence-corrected chi connectivity index (χ1v) is 13.9. The highest BCUT2D eigenvalue weighted by molar-refractivity contribution is 7.87. The van der Waals surface area contributed by atoms with E-state index in [9.17, 15) is 26.7 Å². The Morgan fingerprint density at radius 3 is 2.53 bits per heavy atom. The molecule has 0 heterocycles. The maximum absolute atomic E-state index is 12.5. The molecule has 0 bridgehead atoms. The second-order valence-corrected chi connectivity index (χ2v) is 13.8. The molecule has 160 valence electrons. The predicted molar refractivity (Wildman–Crippen MR) is 111 cm³/mol. The summed E-state index contributed by atoms with van der Waals surface area (Å²) in [5.74, 6) is 7.86. The molecule has 1 aromatic rings. The topological polar surface area (TPSA) is 63.6 Å². The van der Waals surface area contributed by atoms with Gasteiger partial charge in [-0.05, 0) is 31.1 Å². The third-order valence-corrected chi connectivity index (χ3v) is 5.68. The van der Waals surface area contributed by atoms with Crippen LogP contribution in [0.4, 0.5) is 13.2 Å². The van der Waals surface area contributed by atoms with E-state index in [1.165, 1.54) is 12.2 Å². The zero-order valence-corrected chi connectivity index (χ0v) is 18.5. The van der Waals surface area contributed by atoms with Crippen molar-refractivity contribution in [3.63, 3.8) is 0 Å². The lowest BCUT2D eigenvalue weighted by atomic mass is 10.0. The van der Waals surface area contributed by atoms with Crippen LogP contribution in [0.25, 0.3) is 0 Å². The van der Waals surface area contributed by atoms with Crippen LogP contribution in [0.3, 0.4) is 0 Å². The Morgan fingerprint density at radius 1 is 1.23 bits per heavy atom. The smallest absolute Gasteiger partial charge is 0.376 e. The Kier molecular flexibility index (Phi) is 7.25. The van der Waals surface area contributed by atoms with Crippen LogP contribution in [0, 0.1) is 23.3 Å². The maximum atomic E-state index is 12.5. The largest absolute Gasteiger partial charge is 0.534 e. The predicted octanol–water partition coefficient (Wildman–Crippen LogP) is 4.42. The van der Waals surface area contributed by atoms with E-state index in [1.54, 1.807) is 24.3 Å². The summed E-state index contributed by atoms with van der Waals surface area (Å²) in [6.07, 6.45) is 1.96. The fourth-order valence-electron chi connectivity index (χ4n) is 2.40. The number of aliphatic hydroxyl groups is 1. The van der Waals surface area contributed by atoms with Crippen molar-refractivity contribution in [3.8, 4) is 23.3 Å². The normalized spacial score (nSPS) is 16.8. The van der Waals surface area contributed by atoms with E-state index in [2.05, 4.69) is 47.1 Å². The molecule has 1 aromatic carbocycles. The molecular formula is C21H21F3O4SSi. The maximum Gasteiger partial charge on any atom is 0.534 e. The Labute approximate surface area is 175 Å².